The van der Waals surface area contributed by atoms with Crippen LogP contribution in [0.15, 0.2) is 40.9 Å². The molecule has 0 unspecified atom stereocenters. The highest BCUT2D eigenvalue weighted by atomic mass is 79.9. The lowest BCUT2D eigenvalue weighted by Gasteiger charge is -2.31. The Kier molecular flexibility index (Phi) is 10.9. The van der Waals surface area contributed by atoms with Crippen LogP contribution in [0.5, 0.6) is 0 Å². The Hall–Kier alpha value is -1.81. The van der Waals surface area contributed by atoms with Gasteiger partial charge < -0.3 is 10.2 Å². The minimum Gasteiger partial charge on any atom is -0.354 e. The number of aryl methyl sites for hydroxylation is 1. The van der Waals surface area contributed by atoms with Crippen molar-refractivity contribution in [1.82, 2.24) is 10.2 Å². The van der Waals surface area contributed by atoms with Gasteiger partial charge in [0, 0.05) is 27.6 Å². The molecule has 0 aromatic heterocycles. The number of sulfonamides is 1. The van der Waals surface area contributed by atoms with Crippen LogP contribution in [0.1, 0.15) is 37.8 Å². The first-order chi connectivity index (χ1) is 16.3. The summed E-state index contributed by atoms with van der Waals surface area (Å²) < 4.78 is 27.1. The number of hydrogen-bond donors (Lipinski definition) is 1. The summed E-state index contributed by atoms with van der Waals surface area (Å²) in [5.74, 6) is -0.873. The summed E-state index contributed by atoms with van der Waals surface area (Å²) in [6.45, 7) is 5.46. The van der Waals surface area contributed by atoms with Crippen LogP contribution in [-0.4, -0.2) is 50.5 Å². The van der Waals surface area contributed by atoms with E-state index in [4.69, 9.17) is 23.2 Å². The highest BCUT2D eigenvalue weighted by molar-refractivity contribution is 9.10. The zero-order valence-corrected chi connectivity index (χ0v) is 24.1. The lowest BCUT2D eigenvalue weighted by atomic mass is 10.1. The van der Waals surface area contributed by atoms with Crippen molar-refractivity contribution in [3.63, 3.8) is 0 Å². The molecule has 2 rings (SSSR count). The third-order valence-corrected chi connectivity index (χ3v) is 8.08. The van der Waals surface area contributed by atoms with E-state index in [2.05, 4.69) is 21.2 Å². The molecule has 1 N–H and O–H groups in total. The Bertz CT molecular complexity index is 1180. The average molecular weight is 607 g/mol. The van der Waals surface area contributed by atoms with Gasteiger partial charge in [-0.15, -0.1) is 0 Å². The number of nitrogens with zero attached hydrogens (tertiary/aromatic N) is 2. The third kappa shape index (κ3) is 8.37. The Morgan fingerprint density at radius 2 is 1.83 bits per heavy atom. The summed E-state index contributed by atoms with van der Waals surface area (Å²) in [7, 11) is -3.80. The summed E-state index contributed by atoms with van der Waals surface area (Å²) >= 11 is 15.7. The molecule has 0 bridgehead atoms. The zero-order chi connectivity index (χ0) is 26.3. The van der Waals surface area contributed by atoms with E-state index in [0.717, 1.165) is 33.4 Å². The summed E-state index contributed by atoms with van der Waals surface area (Å²) in [4.78, 5) is 27.7. The number of anilines is 1. The molecule has 0 aliphatic heterocycles. The summed E-state index contributed by atoms with van der Waals surface area (Å²) in [6.07, 6.45) is 2.76. The number of carbonyl (C=O) groups excluding carboxylic acids is 2. The molecule has 2 aromatic carbocycles. The number of hydrogen-bond acceptors (Lipinski definition) is 4. The maximum absolute atomic E-state index is 13.5. The highest BCUT2D eigenvalue weighted by Crippen LogP contribution is 2.26. The molecule has 192 valence electrons. The van der Waals surface area contributed by atoms with Crippen LogP contribution in [0.25, 0.3) is 0 Å². The highest BCUT2D eigenvalue weighted by Gasteiger charge is 2.30. The lowest BCUT2D eigenvalue weighted by Crippen LogP contribution is -2.51. The molecule has 0 aliphatic rings. The Morgan fingerprint density at radius 1 is 1.14 bits per heavy atom. The van der Waals surface area contributed by atoms with Crippen LogP contribution in [-0.2, 0) is 26.2 Å². The molecular formula is C24H30BrCl2N3O4S. The number of halogens is 3. The fourth-order valence-corrected chi connectivity index (χ4v) is 4.91. The van der Waals surface area contributed by atoms with Crippen molar-refractivity contribution in [1.29, 1.82) is 0 Å². The van der Waals surface area contributed by atoms with Crippen LogP contribution in [0.2, 0.25) is 10.0 Å². The van der Waals surface area contributed by atoms with Crippen molar-refractivity contribution in [3.8, 4) is 0 Å². The summed E-state index contributed by atoms with van der Waals surface area (Å²) in [5, 5.41) is 3.62. The second-order valence-corrected chi connectivity index (χ2v) is 11.9. The average Bonchev–Trinajstić information content (AvgIpc) is 2.77. The van der Waals surface area contributed by atoms with Crippen LogP contribution >= 0.6 is 39.1 Å². The van der Waals surface area contributed by atoms with Gasteiger partial charge in [-0.1, -0.05) is 58.5 Å². The smallest absolute Gasteiger partial charge is 0.244 e. The minimum absolute atomic E-state index is 0.00810. The Labute approximate surface area is 225 Å². The van der Waals surface area contributed by atoms with E-state index in [-0.39, 0.29) is 12.5 Å². The fourth-order valence-electron chi connectivity index (χ4n) is 3.35. The van der Waals surface area contributed by atoms with E-state index in [1.807, 2.05) is 13.8 Å². The van der Waals surface area contributed by atoms with Crippen molar-refractivity contribution < 1.29 is 18.0 Å². The van der Waals surface area contributed by atoms with Crippen molar-refractivity contribution in [2.45, 2.75) is 46.2 Å². The lowest BCUT2D eigenvalue weighted by molar-refractivity contribution is -0.139. The molecule has 2 amide bonds. The third-order valence-electron chi connectivity index (χ3n) is 5.46. The molecule has 1 atom stereocenters. The van der Waals surface area contributed by atoms with Crippen molar-refractivity contribution in [2.24, 2.45) is 0 Å². The molecule has 35 heavy (non-hydrogen) atoms. The number of nitrogens with one attached hydrogen (secondary N) is 1. The van der Waals surface area contributed by atoms with Crippen molar-refractivity contribution in [2.75, 3.05) is 23.7 Å². The molecule has 0 radical (unpaired) electrons. The fraction of sp³-hybridized carbons (Fsp3) is 0.417. The molecular weight excluding hydrogens is 577 g/mol. The van der Waals surface area contributed by atoms with Crippen LogP contribution in [0.4, 0.5) is 5.69 Å². The number of amides is 2. The molecule has 0 fully saturated rings. The van der Waals surface area contributed by atoms with E-state index in [1.165, 1.54) is 4.90 Å². The first kappa shape index (κ1) is 29.4. The standard InChI is InChI=1S/C24H30BrCl2N3O4S/c1-5-6-11-28-24(32)17(3)29(14-18-7-8-19(26)13-22(18)27)23(31)15-30(35(4,33)34)20-9-10-21(25)16(2)12-20/h7-10,12-13,17H,5-6,11,14-15H2,1-4H3,(H,28,32)/t17-/m0/s1. The number of carbonyl (C=O) groups is 2. The van der Waals surface area contributed by atoms with Crippen LogP contribution in [0, 0.1) is 6.92 Å². The van der Waals surface area contributed by atoms with E-state index >= 15 is 0 Å². The molecule has 0 heterocycles. The minimum atomic E-state index is -3.80. The van der Waals surface area contributed by atoms with Gasteiger partial charge in [0.2, 0.25) is 21.8 Å². The number of unbranched alkanes of at least 4 members (excludes halogenated alkanes) is 1. The number of rotatable bonds is 11. The van der Waals surface area contributed by atoms with Gasteiger partial charge in [-0.25, -0.2) is 8.42 Å². The largest absolute Gasteiger partial charge is 0.354 e. The second-order valence-electron chi connectivity index (χ2n) is 8.28. The second kappa shape index (κ2) is 12.9. The van der Waals surface area contributed by atoms with E-state index in [0.29, 0.717) is 27.8 Å². The van der Waals surface area contributed by atoms with Gasteiger partial charge in [-0.05, 0) is 61.7 Å². The monoisotopic (exact) mass is 605 g/mol. The maximum Gasteiger partial charge on any atom is 0.244 e. The Balaban J connectivity index is 2.40. The topological polar surface area (TPSA) is 86.8 Å². The van der Waals surface area contributed by atoms with Crippen molar-refractivity contribution >= 4 is 66.7 Å². The van der Waals surface area contributed by atoms with Gasteiger partial charge in [0.1, 0.15) is 12.6 Å². The molecule has 2 aromatic rings. The number of benzene rings is 2. The molecule has 0 saturated heterocycles. The first-order valence-corrected chi connectivity index (χ1v) is 14.5. The van der Waals surface area contributed by atoms with E-state index in [1.54, 1.807) is 43.3 Å². The van der Waals surface area contributed by atoms with Gasteiger partial charge in [-0.2, -0.15) is 0 Å². The predicted octanol–water partition coefficient (Wildman–Crippen LogP) is 5.16. The van der Waals surface area contributed by atoms with Gasteiger partial charge in [-0.3, -0.25) is 13.9 Å². The predicted molar refractivity (Wildman–Crippen MR) is 145 cm³/mol. The molecule has 0 spiro atoms. The normalized spacial score (nSPS) is 12.2. The van der Waals surface area contributed by atoms with E-state index in [9.17, 15) is 18.0 Å². The van der Waals surface area contributed by atoms with Crippen molar-refractivity contribution in [3.05, 3.63) is 62.0 Å². The summed E-state index contributed by atoms with van der Waals surface area (Å²) in [6, 6.07) is 9.04. The zero-order valence-electron chi connectivity index (χ0n) is 20.1. The quantitative estimate of drug-likeness (QED) is 0.358. The van der Waals surface area contributed by atoms with Crippen LogP contribution in [0.3, 0.4) is 0 Å². The molecule has 0 aliphatic carbocycles. The Morgan fingerprint density at radius 3 is 2.40 bits per heavy atom. The van der Waals surface area contributed by atoms with E-state index < -0.39 is 28.5 Å². The maximum atomic E-state index is 13.5. The SMILES string of the molecule is CCCCNC(=O)[C@H](C)N(Cc1ccc(Cl)cc1Cl)C(=O)CN(c1ccc(Br)c(C)c1)S(C)(=O)=O. The molecule has 7 nitrogen and oxygen atoms in total. The van der Waals surface area contributed by atoms with Gasteiger partial charge in [0.25, 0.3) is 0 Å². The molecule has 0 saturated carbocycles. The summed E-state index contributed by atoms with van der Waals surface area (Å²) in [5.41, 5.74) is 1.76. The van der Waals surface area contributed by atoms with Gasteiger partial charge in [0.05, 0.1) is 11.9 Å². The first-order valence-electron chi connectivity index (χ1n) is 11.1. The molecule has 11 heteroatoms. The van der Waals surface area contributed by atoms with Gasteiger partial charge in [0.15, 0.2) is 0 Å². The van der Waals surface area contributed by atoms with Crippen LogP contribution < -0.4 is 9.62 Å². The van der Waals surface area contributed by atoms with Gasteiger partial charge >= 0.3 is 0 Å².